The van der Waals surface area contributed by atoms with E-state index >= 15 is 0 Å². The topological polar surface area (TPSA) is 99.0 Å². The average Bonchev–Trinajstić information content (AvgIpc) is 3.21. The number of ether oxygens (including phenoxy) is 3. The van der Waals surface area contributed by atoms with E-state index in [1.807, 2.05) is 49.0 Å². The molecule has 9 nitrogen and oxygen atoms in total. The second-order valence-corrected chi connectivity index (χ2v) is 7.98. The fourth-order valence-corrected chi connectivity index (χ4v) is 3.57. The lowest BCUT2D eigenvalue weighted by Gasteiger charge is -2.16. The number of hydrogen-bond donors (Lipinski definition) is 2. The van der Waals surface area contributed by atoms with Gasteiger partial charge in [0.1, 0.15) is 0 Å². The molecule has 0 aliphatic heterocycles. The maximum Gasteiger partial charge on any atom is 0.258 e. The maximum atomic E-state index is 13.2. The number of methoxy groups -OCH3 is 3. The number of amides is 1. The Kier molecular flexibility index (Phi) is 8.72. The van der Waals surface area contributed by atoms with E-state index in [4.69, 9.17) is 14.2 Å². The van der Waals surface area contributed by atoms with E-state index in [2.05, 4.69) is 27.6 Å². The van der Waals surface area contributed by atoms with Crippen molar-refractivity contribution in [3.8, 4) is 17.2 Å². The molecule has 0 spiro atoms. The maximum absolute atomic E-state index is 13.2. The first-order valence-electron chi connectivity index (χ1n) is 11.4. The normalized spacial score (nSPS) is 11.2. The number of carbonyl (C=O) groups excluding carboxylic acids is 1. The Morgan fingerprint density at radius 3 is 2.34 bits per heavy atom. The third kappa shape index (κ3) is 6.32. The fraction of sp³-hybridized carbons (Fsp3) is 0.346. The van der Waals surface area contributed by atoms with Crippen LogP contribution in [0.15, 0.2) is 47.6 Å². The van der Waals surface area contributed by atoms with Gasteiger partial charge in [0.2, 0.25) is 11.7 Å². The number of anilines is 1. The Bertz CT molecular complexity index is 1180. The van der Waals surface area contributed by atoms with Crippen molar-refractivity contribution in [1.29, 1.82) is 0 Å². The molecule has 1 amide bonds. The highest BCUT2D eigenvalue weighted by Gasteiger charge is 2.18. The third-order valence-corrected chi connectivity index (χ3v) is 5.47. The second-order valence-electron chi connectivity index (χ2n) is 7.98. The molecule has 9 heteroatoms. The van der Waals surface area contributed by atoms with Crippen molar-refractivity contribution in [1.82, 2.24) is 15.1 Å². The van der Waals surface area contributed by atoms with Crippen LogP contribution in [0, 0.1) is 13.8 Å². The van der Waals surface area contributed by atoms with E-state index in [1.165, 1.54) is 21.3 Å². The van der Waals surface area contributed by atoms with Crippen LogP contribution in [0.1, 0.15) is 40.5 Å². The van der Waals surface area contributed by atoms with Crippen LogP contribution in [0.3, 0.4) is 0 Å². The molecular formula is C26H33N5O4. The summed E-state index contributed by atoms with van der Waals surface area (Å²) in [7, 11) is 4.53. The van der Waals surface area contributed by atoms with Crippen molar-refractivity contribution in [2.75, 3.05) is 26.6 Å². The summed E-state index contributed by atoms with van der Waals surface area (Å²) < 4.78 is 18.1. The predicted molar refractivity (Wildman–Crippen MR) is 137 cm³/mol. The van der Waals surface area contributed by atoms with Crippen molar-refractivity contribution in [3.05, 3.63) is 65.0 Å². The lowest BCUT2D eigenvalue weighted by molar-refractivity contribution is 0.0976. The standard InChI is InChI=1S/C26H33N5O4/c1-7-12-31-16-20(18(3)30-31)15-27-26(28-21-11-9-8-10-17(21)2)29-25(32)19-13-22(33-4)24(35-6)23(14-19)34-5/h8-11,13-14,16H,7,12,15H2,1-6H3,(H2,27,28,29,32). The summed E-state index contributed by atoms with van der Waals surface area (Å²) in [5, 5.41) is 10.7. The third-order valence-electron chi connectivity index (χ3n) is 5.47. The van der Waals surface area contributed by atoms with Gasteiger partial charge in [-0.3, -0.25) is 14.8 Å². The SMILES string of the molecule is CCCn1cc(CN=C(NC(=O)c2cc(OC)c(OC)c(OC)c2)Nc2ccccc2C)c(C)n1. The fourth-order valence-electron chi connectivity index (χ4n) is 3.57. The molecular weight excluding hydrogens is 446 g/mol. The van der Waals surface area contributed by atoms with Crippen molar-refractivity contribution >= 4 is 17.6 Å². The zero-order chi connectivity index (χ0) is 25.4. The Morgan fingerprint density at radius 2 is 1.74 bits per heavy atom. The Labute approximate surface area is 206 Å². The van der Waals surface area contributed by atoms with Crippen LogP contribution >= 0.6 is 0 Å². The number of aromatic nitrogens is 2. The van der Waals surface area contributed by atoms with Gasteiger partial charge in [0, 0.05) is 29.6 Å². The Hall–Kier alpha value is -4.01. The van der Waals surface area contributed by atoms with E-state index in [1.54, 1.807) is 12.1 Å². The Balaban J connectivity index is 1.91. The quantitative estimate of drug-likeness (QED) is 0.350. The summed E-state index contributed by atoms with van der Waals surface area (Å²) >= 11 is 0. The van der Waals surface area contributed by atoms with Gasteiger partial charge in [-0.15, -0.1) is 0 Å². The molecule has 0 bridgehead atoms. The zero-order valence-electron chi connectivity index (χ0n) is 21.1. The number of nitrogens with zero attached hydrogens (tertiary/aromatic N) is 3. The molecule has 0 radical (unpaired) electrons. The first kappa shape index (κ1) is 25.6. The Morgan fingerprint density at radius 1 is 1.06 bits per heavy atom. The van der Waals surface area contributed by atoms with Crippen LogP contribution in [0.4, 0.5) is 5.69 Å². The van der Waals surface area contributed by atoms with Gasteiger partial charge < -0.3 is 19.5 Å². The van der Waals surface area contributed by atoms with Gasteiger partial charge in [-0.25, -0.2) is 4.99 Å². The number of carbonyl (C=O) groups is 1. The van der Waals surface area contributed by atoms with E-state index in [0.29, 0.717) is 35.3 Å². The molecule has 3 aromatic rings. The van der Waals surface area contributed by atoms with Gasteiger partial charge in [-0.05, 0) is 44.0 Å². The number of nitrogens with one attached hydrogen (secondary N) is 2. The number of aryl methyl sites for hydroxylation is 3. The zero-order valence-corrected chi connectivity index (χ0v) is 21.1. The molecule has 0 aliphatic carbocycles. The molecule has 3 rings (SSSR count). The van der Waals surface area contributed by atoms with Gasteiger partial charge in [-0.1, -0.05) is 25.1 Å². The summed E-state index contributed by atoms with van der Waals surface area (Å²) in [6, 6.07) is 11.0. The van der Waals surface area contributed by atoms with Crippen molar-refractivity contribution in [2.45, 2.75) is 40.3 Å². The predicted octanol–water partition coefficient (Wildman–Crippen LogP) is 4.33. The highest BCUT2D eigenvalue weighted by molar-refractivity contribution is 6.10. The number of rotatable bonds is 9. The van der Waals surface area contributed by atoms with Gasteiger partial charge in [0.15, 0.2) is 11.5 Å². The van der Waals surface area contributed by atoms with Crippen molar-refractivity contribution in [2.24, 2.45) is 4.99 Å². The first-order valence-corrected chi connectivity index (χ1v) is 11.4. The van der Waals surface area contributed by atoms with Gasteiger partial charge >= 0.3 is 0 Å². The van der Waals surface area contributed by atoms with Crippen molar-refractivity contribution < 1.29 is 19.0 Å². The van der Waals surface area contributed by atoms with Crippen LogP contribution in [0.5, 0.6) is 17.2 Å². The molecule has 2 aromatic carbocycles. The van der Waals surface area contributed by atoms with Crippen LogP contribution < -0.4 is 24.8 Å². The lowest BCUT2D eigenvalue weighted by atomic mass is 10.1. The van der Waals surface area contributed by atoms with Gasteiger partial charge in [0.25, 0.3) is 5.91 Å². The van der Waals surface area contributed by atoms with E-state index < -0.39 is 0 Å². The average molecular weight is 480 g/mol. The molecule has 0 saturated heterocycles. The number of guanidine groups is 1. The number of aliphatic imine (C=N–C) groups is 1. The molecule has 0 fully saturated rings. The van der Waals surface area contributed by atoms with Gasteiger partial charge in [-0.2, -0.15) is 5.10 Å². The molecule has 35 heavy (non-hydrogen) atoms. The molecule has 186 valence electrons. The highest BCUT2D eigenvalue weighted by Crippen LogP contribution is 2.38. The second kappa shape index (κ2) is 11.9. The number of para-hydroxylation sites is 1. The minimum absolute atomic E-state index is 0.320. The van der Waals surface area contributed by atoms with Crippen LogP contribution in [-0.2, 0) is 13.1 Å². The molecule has 0 atom stereocenters. The summed E-state index contributed by atoms with van der Waals surface area (Å²) in [5.74, 6) is 1.14. The number of benzene rings is 2. The summed E-state index contributed by atoms with van der Waals surface area (Å²) in [4.78, 5) is 17.9. The first-order chi connectivity index (χ1) is 16.9. The minimum Gasteiger partial charge on any atom is -0.493 e. The molecule has 0 aliphatic rings. The van der Waals surface area contributed by atoms with E-state index in [-0.39, 0.29) is 5.91 Å². The van der Waals surface area contributed by atoms with Crippen molar-refractivity contribution in [3.63, 3.8) is 0 Å². The monoisotopic (exact) mass is 479 g/mol. The lowest BCUT2D eigenvalue weighted by Crippen LogP contribution is -2.36. The van der Waals surface area contributed by atoms with Crippen LogP contribution in [-0.4, -0.2) is 43.0 Å². The summed E-state index contributed by atoms with van der Waals surface area (Å²) in [6.07, 6.45) is 2.99. The molecule has 2 N–H and O–H groups in total. The number of hydrogen-bond acceptors (Lipinski definition) is 6. The molecule has 1 heterocycles. The van der Waals surface area contributed by atoms with E-state index in [0.717, 1.165) is 35.5 Å². The largest absolute Gasteiger partial charge is 0.493 e. The van der Waals surface area contributed by atoms with Gasteiger partial charge in [0.05, 0.1) is 33.6 Å². The van der Waals surface area contributed by atoms with Crippen LogP contribution in [0.2, 0.25) is 0 Å². The molecule has 1 aromatic heterocycles. The minimum atomic E-state index is -0.373. The smallest absolute Gasteiger partial charge is 0.258 e. The molecule has 0 unspecified atom stereocenters. The molecule has 0 saturated carbocycles. The summed E-state index contributed by atoms with van der Waals surface area (Å²) in [5.41, 5.74) is 4.10. The summed E-state index contributed by atoms with van der Waals surface area (Å²) in [6.45, 7) is 7.26. The highest BCUT2D eigenvalue weighted by atomic mass is 16.5. The van der Waals surface area contributed by atoms with E-state index in [9.17, 15) is 4.79 Å². The van der Waals surface area contributed by atoms with Crippen LogP contribution in [0.25, 0.3) is 0 Å².